The van der Waals surface area contributed by atoms with E-state index in [0.717, 1.165) is 55.2 Å². The van der Waals surface area contributed by atoms with Crippen molar-refractivity contribution in [2.45, 2.75) is 56.9 Å². The molecule has 2 aromatic rings. The van der Waals surface area contributed by atoms with Gasteiger partial charge in [0.05, 0.1) is 18.3 Å². The van der Waals surface area contributed by atoms with E-state index < -0.39 is 0 Å². The highest BCUT2D eigenvalue weighted by molar-refractivity contribution is 7.98. The number of halogens is 1. The van der Waals surface area contributed by atoms with Crippen LogP contribution in [0, 0.1) is 11.3 Å². The zero-order valence-corrected chi connectivity index (χ0v) is 17.7. The maximum atomic E-state index is 9.84. The van der Waals surface area contributed by atoms with Gasteiger partial charge in [0.15, 0.2) is 5.03 Å². The van der Waals surface area contributed by atoms with Gasteiger partial charge < -0.3 is 17.7 Å². The number of nitriles is 1. The van der Waals surface area contributed by atoms with Crippen LogP contribution in [0.15, 0.2) is 41.4 Å². The molecule has 3 N–H and O–H groups in total. The lowest BCUT2D eigenvalue weighted by Crippen LogP contribution is -3.00. The van der Waals surface area contributed by atoms with Gasteiger partial charge in [-0.05, 0) is 18.4 Å². The standard InChI is InChI=1S/C21H28N4S.ClH/c1-3-5-12-24-19-14-20(23)25(13-6-4-2)21(18(19)15-22)26-16-17-10-8-7-9-11-17;/h7-11,14H,3-6,12-13,16H2,1-2H3,(H2,23,24);1H. The van der Waals surface area contributed by atoms with Gasteiger partial charge in [-0.2, -0.15) is 5.26 Å². The minimum Gasteiger partial charge on any atom is -1.00 e. The quantitative estimate of drug-likeness (QED) is 0.359. The highest BCUT2D eigenvalue weighted by Crippen LogP contribution is 2.29. The number of hydrogen-bond acceptors (Lipinski definition) is 4. The molecule has 6 heteroatoms. The molecule has 0 radical (unpaired) electrons. The lowest BCUT2D eigenvalue weighted by molar-refractivity contribution is -0.719. The first-order valence-electron chi connectivity index (χ1n) is 9.38. The number of unbranched alkanes of at least 4 members (excludes halogenated alkanes) is 2. The van der Waals surface area contributed by atoms with Crippen molar-refractivity contribution in [1.29, 1.82) is 5.26 Å². The number of thioether (sulfide) groups is 1. The summed E-state index contributed by atoms with van der Waals surface area (Å²) in [6.07, 6.45) is 4.32. The Morgan fingerprint density at radius 1 is 1.15 bits per heavy atom. The number of benzene rings is 1. The van der Waals surface area contributed by atoms with Crippen molar-refractivity contribution in [3.05, 3.63) is 47.5 Å². The first kappa shape index (κ1) is 23.1. The van der Waals surface area contributed by atoms with Gasteiger partial charge >= 0.3 is 0 Å². The number of rotatable bonds is 10. The lowest BCUT2D eigenvalue weighted by atomic mass is 10.2. The predicted octanol–water partition coefficient (Wildman–Crippen LogP) is 1.74. The molecule has 0 amide bonds. The predicted molar refractivity (Wildman–Crippen MR) is 110 cm³/mol. The molecule has 0 aliphatic carbocycles. The summed E-state index contributed by atoms with van der Waals surface area (Å²) in [5.41, 5.74) is 9.15. The van der Waals surface area contributed by atoms with E-state index in [1.54, 1.807) is 11.8 Å². The normalized spacial score (nSPS) is 10.1. The van der Waals surface area contributed by atoms with Crippen LogP contribution in [0.1, 0.15) is 50.7 Å². The Hall–Kier alpha value is -1.90. The second kappa shape index (κ2) is 12.5. The van der Waals surface area contributed by atoms with E-state index in [2.05, 4.69) is 41.9 Å². The molecule has 0 saturated carbocycles. The zero-order valence-electron chi connectivity index (χ0n) is 16.2. The van der Waals surface area contributed by atoms with Crippen LogP contribution in [0.5, 0.6) is 0 Å². The number of nitrogen functional groups attached to an aromatic ring is 1. The maximum absolute atomic E-state index is 9.84. The number of anilines is 2. The van der Waals surface area contributed by atoms with Gasteiger partial charge in [0, 0.05) is 12.3 Å². The fourth-order valence-corrected chi connectivity index (χ4v) is 3.88. The van der Waals surface area contributed by atoms with E-state index in [9.17, 15) is 5.26 Å². The molecule has 1 heterocycles. The summed E-state index contributed by atoms with van der Waals surface area (Å²) in [5.74, 6) is 1.53. The molecule has 2 rings (SSSR count). The monoisotopic (exact) mass is 404 g/mol. The number of aromatic nitrogens is 1. The molecule has 146 valence electrons. The van der Waals surface area contributed by atoms with E-state index in [1.807, 2.05) is 24.3 Å². The number of nitrogens with zero attached hydrogens (tertiary/aromatic N) is 2. The summed E-state index contributed by atoms with van der Waals surface area (Å²) < 4.78 is 2.10. The highest BCUT2D eigenvalue weighted by atomic mass is 35.5. The van der Waals surface area contributed by atoms with Gasteiger partial charge in [-0.15, -0.1) is 0 Å². The van der Waals surface area contributed by atoms with Crippen molar-refractivity contribution >= 4 is 23.3 Å². The zero-order chi connectivity index (χ0) is 18.8. The molecular formula is C21H29ClN4S. The van der Waals surface area contributed by atoms with Crippen LogP contribution < -0.4 is 28.0 Å². The van der Waals surface area contributed by atoms with Gasteiger partial charge in [0.25, 0.3) is 5.82 Å². The molecule has 0 bridgehead atoms. The molecule has 0 atom stereocenters. The Bertz CT molecular complexity index is 744. The smallest absolute Gasteiger partial charge is 0.275 e. The summed E-state index contributed by atoms with van der Waals surface area (Å²) in [6, 6.07) is 14.7. The summed E-state index contributed by atoms with van der Waals surface area (Å²) in [5, 5.41) is 14.2. The third kappa shape index (κ3) is 6.64. The number of pyridine rings is 1. The number of hydrogen-bond donors (Lipinski definition) is 2. The minimum absolute atomic E-state index is 0. The van der Waals surface area contributed by atoms with Crippen LogP contribution in [0.4, 0.5) is 11.5 Å². The molecular weight excluding hydrogens is 376 g/mol. The average Bonchev–Trinajstić information content (AvgIpc) is 2.66. The first-order chi connectivity index (χ1) is 12.7. The van der Waals surface area contributed by atoms with Crippen molar-refractivity contribution in [1.82, 2.24) is 0 Å². The van der Waals surface area contributed by atoms with Crippen LogP contribution in [-0.4, -0.2) is 6.54 Å². The summed E-state index contributed by atoms with van der Waals surface area (Å²) >= 11 is 1.69. The largest absolute Gasteiger partial charge is 1.00 e. The van der Waals surface area contributed by atoms with Crippen LogP contribution in [-0.2, 0) is 12.3 Å². The van der Waals surface area contributed by atoms with E-state index in [0.29, 0.717) is 11.4 Å². The molecule has 1 aromatic carbocycles. The SMILES string of the molecule is CCCCNc1cc(N)[n+](CCCC)c(SCc2ccccc2)c1C#N.[Cl-]. The fourth-order valence-electron chi connectivity index (χ4n) is 2.74. The van der Waals surface area contributed by atoms with Crippen LogP contribution in [0.2, 0.25) is 0 Å². The Morgan fingerprint density at radius 3 is 2.48 bits per heavy atom. The van der Waals surface area contributed by atoms with Gasteiger partial charge in [-0.3, -0.25) is 5.73 Å². The summed E-state index contributed by atoms with van der Waals surface area (Å²) in [6.45, 7) is 6.02. The maximum Gasteiger partial charge on any atom is 0.275 e. The van der Waals surface area contributed by atoms with E-state index >= 15 is 0 Å². The van der Waals surface area contributed by atoms with Crippen molar-refractivity contribution in [3.63, 3.8) is 0 Å². The number of nitrogens with two attached hydrogens (primary N) is 1. The van der Waals surface area contributed by atoms with Crippen LogP contribution >= 0.6 is 11.8 Å². The van der Waals surface area contributed by atoms with E-state index in [1.165, 1.54) is 5.56 Å². The molecule has 27 heavy (non-hydrogen) atoms. The second-order valence-corrected chi connectivity index (χ2v) is 7.30. The topological polar surface area (TPSA) is 65.7 Å². The van der Waals surface area contributed by atoms with Gasteiger partial charge in [-0.1, -0.05) is 68.8 Å². The third-order valence-electron chi connectivity index (χ3n) is 4.24. The van der Waals surface area contributed by atoms with Gasteiger partial charge in [-0.25, -0.2) is 4.57 Å². The van der Waals surface area contributed by atoms with E-state index in [4.69, 9.17) is 5.73 Å². The lowest BCUT2D eigenvalue weighted by Gasteiger charge is -2.15. The van der Waals surface area contributed by atoms with Crippen molar-refractivity contribution in [3.8, 4) is 6.07 Å². The molecule has 0 fully saturated rings. The molecule has 0 spiro atoms. The minimum atomic E-state index is 0. The molecule has 0 saturated heterocycles. The molecule has 4 nitrogen and oxygen atoms in total. The van der Waals surface area contributed by atoms with Crippen molar-refractivity contribution < 1.29 is 17.0 Å². The van der Waals surface area contributed by atoms with Gasteiger partial charge in [0.2, 0.25) is 0 Å². The summed E-state index contributed by atoms with van der Waals surface area (Å²) in [4.78, 5) is 0. The number of nitrogens with one attached hydrogen (secondary N) is 1. The summed E-state index contributed by atoms with van der Waals surface area (Å²) in [7, 11) is 0. The Kier molecular flexibility index (Phi) is 10.7. The molecule has 0 aliphatic heterocycles. The fraction of sp³-hybridized carbons (Fsp3) is 0.429. The van der Waals surface area contributed by atoms with Crippen LogP contribution in [0.25, 0.3) is 0 Å². The highest BCUT2D eigenvalue weighted by Gasteiger charge is 2.21. The molecule has 0 aliphatic rings. The van der Waals surface area contributed by atoms with E-state index in [-0.39, 0.29) is 12.4 Å². The van der Waals surface area contributed by atoms with Gasteiger partial charge in [0.1, 0.15) is 11.6 Å². The van der Waals surface area contributed by atoms with Crippen molar-refractivity contribution in [2.24, 2.45) is 0 Å². The first-order valence-corrected chi connectivity index (χ1v) is 10.4. The average molecular weight is 405 g/mol. The second-order valence-electron chi connectivity index (χ2n) is 6.33. The Balaban J connectivity index is 0.00000364. The van der Waals surface area contributed by atoms with Crippen LogP contribution in [0.3, 0.4) is 0 Å². The Morgan fingerprint density at radius 2 is 1.85 bits per heavy atom. The Labute approximate surface area is 173 Å². The van der Waals surface area contributed by atoms with Crippen molar-refractivity contribution in [2.75, 3.05) is 17.6 Å². The molecule has 1 aromatic heterocycles. The molecule has 0 unspecified atom stereocenters. The third-order valence-corrected chi connectivity index (χ3v) is 5.42.